The summed E-state index contributed by atoms with van der Waals surface area (Å²) in [6, 6.07) is 0. The molecule has 5 nitrogen and oxygen atoms in total. The second kappa shape index (κ2) is 10.1. The Balaban J connectivity index is 4.12. The number of rotatable bonds is 5. The molecule has 0 aromatic carbocycles. The molecule has 0 bridgehead atoms. The minimum Gasteiger partial charge on any atom is -0.410 e. The predicted molar refractivity (Wildman–Crippen MR) is 65.4 cm³/mol. The van der Waals surface area contributed by atoms with Crippen LogP contribution >= 0.6 is 23.5 Å². The van der Waals surface area contributed by atoms with Crippen LogP contribution in [0.3, 0.4) is 0 Å². The Bertz CT molecular complexity index is 222. The summed E-state index contributed by atoms with van der Waals surface area (Å²) in [6.07, 6.45) is 1.56. The van der Waals surface area contributed by atoms with Crippen LogP contribution in [0, 0.1) is 0 Å². The van der Waals surface area contributed by atoms with Gasteiger partial charge in [0.05, 0.1) is 0 Å². The first-order valence-corrected chi connectivity index (χ1v) is 6.58. The zero-order valence-electron chi connectivity index (χ0n) is 8.59. The van der Waals surface area contributed by atoms with Crippen LogP contribution < -0.4 is 0 Å². The van der Waals surface area contributed by atoms with E-state index in [-0.39, 0.29) is 6.61 Å². The van der Waals surface area contributed by atoms with E-state index >= 15 is 0 Å². The van der Waals surface area contributed by atoms with E-state index in [4.69, 9.17) is 15.5 Å². The predicted octanol–water partition coefficient (Wildman–Crippen LogP) is 1.82. The van der Waals surface area contributed by atoms with Gasteiger partial charge in [-0.25, -0.2) is 0 Å². The standard InChI is InChI=1S/C8H16N2O3S2/c1-2-5-14-7(9-12)8(10-13)15-6-3-4-11/h11-13H,2-6H2,1H3/b9-7-,10-8-. The van der Waals surface area contributed by atoms with E-state index < -0.39 is 0 Å². The second-order valence-corrected chi connectivity index (χ2v) is 4.75. The first-order chi connectivity index (χ1) is 7.29. The van der Waals surface area contributed by atoms with Gasteiger partial charge in [-0.2, -0.15) is 0 Å². The highest BCUT2D eigenvalue weighted by Gasteiger charge is 2.11. The molecule has 0 aliphatic rings. The largest absolute Gasteiger partial charge is 0.410 e. The molecule has 0 fully saturated rings. The van der Waals surface area contributed by atoms with Crippen molar-refractivity contribution in [3.8, 4) is 0 Å². The van der Waals surface area contributed by atoms with Crippen molar-refractivity contribution in [2.24, 2.45) is 10.3 Å². The zero-order valence-corrected chi connectivity index (χ0v) is 10.2. The highest BCUT2D eigenvalue weighted by atomic mass is 32.2. The fourth-order valence-corrected chi connectivity index (χ4v) is 2.36. The quantitative estimate of drug-likeness (QED) is 0.228. The lowest BCUT2D eigenvalue weighted by Gasteiger charge is -2.04. The van der Waals surface area contributed by atoms with Gasteiger partial charge in [0, 0.05) is 12.4 Å². The number of aliphatic hydroxyl groups excluding tert-OH is 1. The van der Waals surface area contributed by atoms with Crippen LogP contribution in [-0.4, -0.2) is 43.7 Å². The third-order valence-electron chi connectivity index (χ3n) is 1.35. The van der Waals surface area contributed by atoms with Crippen LogP contribution in [0.2, 0.25) is 0 Å². The van der Waals surface area contributed by atoms with Gasteiger partial charge in [-0.3, -0.25) is 0 Å². The minimum absolute atomic E-state index is 0.0966. The van der Waals surface area contributed by atoms with Crippen molar-refractivity contribution in [3.05, 3.63) is 0 Å². The molecule has 0 aromatic rings. The molecule has 88 valence electrons. The molecule has 0 saturated carbocycles. The number of aliphatic hydroxyl groups is 1. The average molecular weight is 252 g/mol. The van der Waals surface area contributed by atoms with Crippen LogP contribution in [-0.2, 0) is 0 Å². The van der Waals surface area contributed by atoms with Gasteiger partial charge in [-0.15, -0.1) is 23.5 Å². The number of nitrogens with zero attached hydrogens (tertiary/aromatic N) is 2. The van der Waals surface area contributed by atoms with Gasteiger partial charge in [0.25, 0.3) is 0 Å². The first kappa shape index (κ1) is 14.6. The summed E-state index contributed by atoms with van der Waals surface area (Å²) in [6.45, 7) is 2.11. The van der Waals surface area contributed by atoms with Crippen LogP contribution in [0.1, 0.15) is 19.8 Å². The summed E-state index contributed by atoms with van der Waals surface area (Å²) in [4.78, 5) is 0. The third kappa shape index (κ3) is 6.64. The minimum atomic E-state index is 0.0966. The van der Waals surface area contributed by atoms with Gasteiger partial charge in [0.15, 0.2) is 10.1 Å². The maximum absolute atomic E-state index is 8.73. The number of oxime groups is 2. The molecule has 0 atom stereocenters. The lowest BCUT2D eigenvalue weighted by atomic mass is 10.5. The molecule has 3 N–H and O–H groups in total. The normalized spacial score (nSPS) is 13.2. The first-order valence-electron chi connectivity index (χ1n) is 4.61. The van der Waals surface area contributed by atoms with Crippen molar-refractivity contribution in [3.63, 3.8) is 0 Å². The second-order valence-electron chi connectivity index (χ2n) is 2.58. The third-order valence-corrected chi connectivity index (χ3v) is 3.68. The molecule has 0 aliphatic carbocycles. The van der Waals surface area contributed by atoms with E-state index in [1.165, 1.54) is 23.5 Å². The Kier molecular flexibility index (Phi) is 9.86. The van der Waals surface area contributed by atoms with E-state index in [1.54, 1.807) is 0 Å². The van der Waals surface area contributed by atoms with Gasteiger partial charge in [0.2, 0.25) is 0 Å². The van der Waals surface area contributed by atoms with Crippen LogP contribution in [0.25, 0.3) is 0 Å². The Labute approximate surface area is 97.6 Å². The van der Waals surface area contributed by atoms with Crippen LogP contribution in [0.15, 0.2) is 10.3 Å². The van der Waals surface area contributed by atoms with Crippen molar-refractivity contribution < 1.29 is 15.5 Å². The molecule has 0 unspecified atom stereocenters. The summed E-state index contributed by atoms with van der Waals surface area (Å²) in [7, 11) is 0. The fraction of sp³-hybridized carbons (Fsp3) is 0.750. The Morgan fingerprint density at radius 2 is 1.60 bits per heavy atom. The van der Waals surface area contributed by atoms with E-state index in [2.05, 4.69) is 10.3 Å². The van der Waals surface area contributed by atoms with Crippen LogP contribution in [0.5, 0.6) is 0 Å². The van der Waals surface area contributed by atoms with Crippen molar-refractivity contribution in [2.75, 3.05) is 18.1 Å². The Morgan fingerprint density at radius 3 is 2.00 bits per heavy atom. The summed E-state index contributed by atoms with van der Waals surface area (Å²) in [5.41, 5.74) is 0. The van der Waals surface area contributed by atoms with Gasteiger partial charge < -0.3 is 15.5 Å². The molecule has 0 rings (SSSR count). The number of hydrogen-bond acceptors (Lipinski definition) is 7. The molecule has 0 aliphatic heterocycles. The van der Waals surface area contributed by atoms with Crippen molar-refractivity contribution >= 4 is 33.6 Å². The zero-order chi connectivity index (χ0) is 11.5. The molecular formula is C8H16N2O3S2. The Morgan fingerprint density at radius 1 is 1.07 bits per heavy atom. The molecule has 0 saturated heterocycles. The monoisotopic (exact) mass is 252 g/mol. The lowest BCUT2D eigenvalue weighted by Crippen LogP contribution is -2.08. The molecule has 0 aromatic heterocycles. The molecule has 15 heavy (non-hydrogen) atoms. The topological polar surface area (TPSA) is 85.4 Å². The Hall–Kier alpha value is -0.400. The fourth-order valence-electron chi connectivity index (χ4n) is 0.699. The summed E-state index contributed by atoms with van der Waals surface area (Å²) < 4.78 is 0. The maximum atomic E-state index is 8.73. The summed E-state index contributed by atoms with van der Waals surface area (Å²) in [5.74, 6) is 1.43. The van der Waals surface area contributed by atoms with Gasteiger partial charge in [0.1, 0.15) is 0 Å². The van der Waals surface area contributed by atoms with Crippen molar-refractivity contribution in [2.45, 2.75) is 19.8 Å². The van der Waals surface area contributed by atoms with Crippen molar-refractivity contribution in [1.82, 2.24) is 0 Å². The van der Waals surface area contributed by atoms with Crippen LogP contribution in [0.4, 0.5) is 0 Å². The molecule has 0 spiro atoms. The average Bonchev–Trinajstić information content (AvgIpc) is 2.27. The number of thioether (sulfide) groups is 2. The van der Waals surface area contributed by atoms with Gasteiger partial charge in [-0.1, -0.05) is 17.2 Å². The highest BCUT2D eigenvalue weighted by molar-refractivity contribution is 8.25. The molecule has 0 heterocycles. The van der Waals surface area contributed by atoms with E-state index in [9.17, 15) is 0 Å². The smallest absolute Gasteiger partial charge is 0.171 e. The molecular weight excluding hydrogens is 236 g/mol. The molecule has 0 radical (unpaired) electrons. The van der Waals surface area contributed by atoms with Gasteiger partial charge in [-0.05, 0) is 18.6 Å². The highest BCUT2D eigenvalue weighted by Crippen LogP contribution is 2.16. The summed E-state index contributed by atoms with van der Waals surface area (Å²) >= 11 is 2.60. The van der Waals surface area contributed by atoms with E-state index in [0.29, 0.717) is 22.3 Å². The molecule has 0 amide bonds. The summed E-state index contributed by atoms with van der Waals surface area (Å²) in [5, 5.41) is 32.8. The number of hydrogen-bond donors (Lipinski definition) is 3. The molecule has 7 heteroatoms. The van der Waals surface area contributed by atoms with Crippen molar-refractivity contribution in [1.29, 1.82) is 0 Å². The van der Waals surface area contributed by atoms with Gasteiger partial charge >= 0.3 is 0 Å². The van der Waals surface area contributed by atoms with E-state index in [0.717, 1.165) is 12.2 Å². The van der Waals surface area contributed by atoms with E-state index in [1.807, 2.05) is 6.92 Å². The SMILES string of the molecule is CCCSC(=N\O)/C(=N/O)SCCCO. The lowest BCUT2D eigenvalue weighted by molar-refractivity contribution is 0.296. The maximum Gasteiger partial charge on any atom is 0.171 e.